The molecule has 4 aromatic rings. The molecule has 3 aromatic carbocycles. The van der Waals surface area contributed by atoms with Crippen LogP contribution in [0.3, 0.4) is 0 Å². The number of nitrogens with two attached hydrogens (primary N) is 1. The minimum Gasteiger partial charge on any atom is -0.235 e. The van der Waals surface area contributed by atoms with Gasteiger partial charge in [-0.2, -0.15) is 0 Å². The molecule has 0 saturated carbocycles. The van der Waals surface area contributed by atoms with Gasteiger partial charge in [-0.3, -0.25) is 0 Å². The van der Waals surface area contributed by atoms with Crippen LogP contribution in [0.4, 0.5) is 0 Å². The molecule has 0 aliphatic rings. The first-order chi connectivity index (χ1) is 13.4. The number of nitrogens with zero attached hydrogens (tertiary/aromatic N) is 1. The standard InChI is InChI=1S/C21H15ClN2O2S2/c22-17-10-6-14(7-11-17)19-20(15-8-12-18(13-9-15)28(23,25)26)27-21(24-19)16-4-2-1-3-5-16/h1-13H,(H2,23,25,26). The van der Waals surface area contributed by atoms with Gasteiger partial charge in [-0.05, 0) is 29.8 Å². The zero-order chi connectivity index (χ0) is 19.7. The van der Waals surface area contributed by atoms with Crippen LogP contribution in [0.25, 0.3) is 32.3 Å². The minimum absolute atomic E-state index is 0.0806. The topological polar surface area (TPSA) is 73.1 Å². The van der Waals surface area contributed by atoms with E-state index in [1.807, 2.05) is 54.6 Å². The van der Waals surface area contributed by atoms with Crippen LogP contribution in [0.15, 0.2) is 83.8 Å². The van der Waals surface area contributed by atoms with Crippen molar-refractivity contribution in [2.75, 3.05) is 0 Å². The highest BCUT2D eigenvalue weighted by Gasteiger charge is 2.17. The average Bonchev–Trinajstić information content (AvgIpc) is 3.14. The summed E-state index contributed by atoms with van der Waals surface area (Å²) < 4.78 is 23.1. The first-order valence-corrected chi connectivity index (χ1v) is 11.1. The number of aromatic nitrogens is 1. The van der Waals surface area contributed by atoms with Gasteiger partial charge in [-0.1, -0.05) is 66.2 Å². The third-order valence-electron chi connectivity index (χ3n) is 4.21. The van der Waals surface area contributed by atoms with Gasteiger partial charge < -0.3 is 0 Å². The molecule has 0 unspecified atom stereocenters. The maximum absolute atomic E-state index is 11.5. The summed E-state index contributed by atoms with van der Waals surface area (Å²) in [7, 11) is -3.73. The Morgan fingerprint density at radius 2 is 1.39 bits per heavy atom. The molecule has 0 bridgehead atoms. The smallest absolute Gasteiger partial charge is 0.235 e. The van der Waals surface area contributed by atoms with Crippen LogP contribution in [0, 0.1) is 0 Å². The number of primary sulfonamides is 1. The summed E-state index contributed by atoms with van der Waals surface area (Å²) in [6.45, 7) is 0. The summed E-state index contributed by atoms with van der Waals surface area (Å²) in [5, 5.41) is 6.75. The molecule has 0 aliphatic carbocycles. The Morgan fingerprint density at radius 3 is 2.00 bits per heavy atom. The lowest BCUT2D eigenvalue weighted by atomic mass is 10.1. The van der Waals surface area contributed by atoms with Crippen molar-refractivity contribution in [2.24, 2.45) is 5.14 Å². The summed E-state index contributed by atoms with van der Waals surface area (Å²) in [6.07, 6.45) is 0. The van der Waals surface area contributed by atoms with E-state index in [0.717, 1.165) is 32.3 Å². The van der Waals surface area contributed by atoms with Gasteiger partial charge in [0.1, 0.15) is 5.01 Å². The molecule has 4 rings (SSSR count). The third kappa shape index (κ3) is 3.86. The predicted molar refractivity (Wildman–Crippen MR) is 115 cm³/mol. The molecule has 0 atom stereocenters. The average molecular weight is 427 g/mol. The highest BCUT2D eigenvalue weighted by Crippen LogP contribution is 2.40. The van der Waals surface area contributed by atoms with E-state index in [1.54, 1.807) is 23.5 Å². The van der Waals surface area contributed by atoms with Crippen molar-refractivity contribution < 1.29 is 8.42 Å². The van der Waals surface area contributed by atoms with Gasteiger partial charge in [-0.15, -0.1) is 11.3 Å². The molecule has 2 N–H and O–H groups in total. The molecule has 7 heteroatoms. The Labute approximate surface area is 172 Å². The first-order valence-electron chi connectivity index (χ1n) is 8.37. The molecular weight excluding hydrogens is 412 g/mol. The summed E-state index contributed by atoms with van der Waals surface area (Å²) in [5.74, 6) is 0. The zero-order valence-electron chi connectivity index (χ0n) is 14.5. The molecule has 1 aromatic heterocycles. The maximum atomic E-state index is 11.5. The fourth-order valence-corrected chi connectivity index (χ4v) is 4.56. The quantitative estimate of drug-likeness (QED) is 0.471. The van der Waals surface area contributed by atoms with Crippen molar-refractivity contribution in [3.05, 3.63) is 83.9 Å². The number of benzene rings is 3. The van der Waals surface area contributed by atoms with E-state index in [-0.39, 0.29) is 4.90 Å². The van der Waals surface area contributed by atoms with E-state index in [4.69, 9.17) is 21.7 Å². The second kappa shape index (κ2) is 7.48. The lowest BCUT2D eigenvalue weighted by molar-refractivity contribution is 0.598. The van der Waals surface area contributed by atoms with E-state index in [1.165, 1.54) is 12.1 Å². The van der Waals surface area contributed by atoms with E-state index in [0.29, 0.717) is 5.02 Å². The predicted octanol–water partition coefficient (Wildman–Crippen LogP) is 5.44. The van der Waals surface area contributed by atoms with Crippen LogP contribution in [-0.2, 0) is 10.0 Å². The molecule has 0 fully saturated rings. The molecule has 0 radical (unpaired) electrons. The van der Waals surface area contributed by atoms with Gasteiger partial charge in [0.05, 0.1) is 15.5 Å². The van der Waals surface area contributed by atoms with Crippen molar-refractivity contribution in [1.29, 1.82) is 0 Å². The number of halogens is 1. The fourth-order valence-electron chi connectivity index (χ4n) is 2.82. The molecular formula is C21H15ClN2O2S2. The number of rotatable bonds is 4. The largest absolute Gasteiger partial charge is 0.238 e. The molecule has 28 heavy (non-hydrogen) atoms. The molecule has 0 aliphatic heterocycles. The van der Waals surface area contributed by atoms with Gasteiger partial charge in [-0.25, -0.2) is 18.5 Å². The van der Waals surface area contributed by atoms with Crippen LogP contribution in [0.5, 0.6) is 0 Å². The zero-order valence-corrected chi connectivity index (χ0v) is 16.9. The van der Waals surface area contributed by atoms with Crippen molar-refractivity contribution in [2.45, 2.75) is 4.90 Å². The lowest BCUT2D eigenvalue weighted by Crippen LogP contribution is -2.11. The van der Waals surface area contributed by atoms with Crippen molar-refractivity contribution in [1.82, 2.24) is 4.98 Å². The number of hydrogen-bond acceptors (Lipinski definition) is 4. The molecule has 0 amide bonds. The van der Waals surface area contributed by atoms with Crippen LogP contribution in [0.1, 0.15) is 0 Å². The van der Waals surface area contributed by atoms with E-state index in [2.05, 4.69) is 0 Å². The van der Waals surface area contributed by atoms with E-state index >= 15 is 0 Å². The Morgan fingerprint density at radius 1 is 0.786 bits per heavy atom. The van der Waals surface area contributed by atoms with Gasteiger partial charge in [0.25, 0.3) is 0 Å². The van der Waals surface area contributed by atoms with Crippen molar-refractivity contribution >= 4 is 33.0 Å². The van der Waals surface area contributed by atoms with Crippen molar-refractivity contribution in [3.63, 3.8) is 0 Å². The Bertz CT molecular complexity index is 1220. The van der Waals surface area contributed by atoms with Gasteiger partial charge in [0, 0.05) is 16.1 Å². The SMILES string of the molecule is NS(=O)(=O)c1ccc(-c2sc(-c3ccccc3)nc2-c2ccc(Cl)cc2)cc1. The van der Waals surface area contributed by atoms with Crippen LogP contribution in [-0.4, -0.2) is 13.4 Å². The fraction of sp³-hybridized carbons (Fsp3) is 0. The third-order valence-corrected chi connectivity index (χ3v) is 6.55. The molecule has 0 spiro atoms. The van der Waals surface area contributed by atoms with E-state index < -0.39 is 10.0 Å². The van der Waals surface area contributed by atoms with Crippen molar-refractivity contribution in [3.8, 4) is 32.3 Å². The van der Waals surface area contributed by atoms with E-state index in [9.17, 15) is 8.42 Å². The molecule has 140 valence electrons. The normalized spacial score (nSPS) is 11.5. The Kier molecular flexibility index (Phi) is 5.03. The number of hydrogen-bond donors (Lipinski definition) is 1. The van der Waals surface area contributed by atoms with Gasteiger partial charge in [0.2, 0.25) is 10.0 Å². The van der Waals surface area contributed by atoms with Gasteiger partial charge >= 0.3 is 0 Å². The highest BCUT2D eigenvalue weighted by molar-refractivity contribution is 7.89. The summed E-state index contributed by atoms with van der Waals surface area (Å²) >= 11 is 7.58. The monoisotopic (exact) mass is 426 g/mol. The van der Waals surface area contributed by atoms with Crippen LogP contribution >= 0.6 is 22.9 Å². The second-order valence-electron chi connectivity index (χ2n) is 6.14. The van der Waals surface area contributed by atoms with Gasteiger partial charge in [0.15, 0.2) is 0 Å². The first kappa shape index (κ1) is 18.8. The Balaban J connectivity index is 1.87. The molecule has 1 heterocycles. The van der Waals surface area contributed by atoms with Crippen LogP contribution < -0.4 is 5.14 Å². The minimum atomic E-state index is -3.73. The number of thiazole rings is 1. The molecule has 4 nitrogen and oxygen atoms in total. The second-order valence-corrected chi connectivity index (χ2v) is 9.14. The summed E-state index contributed by atoms with van der Waals surface area (Å²) in [5.41, 5.74) is 3.66. The molecule has 0 saturated heterocycles. The Hall–Kier alpha value is -2.51. The lowest BCUT2D eigenvalue weighted by Gasteiger charge is -2.04. The van der Waals surface area contributed by atoms with Crippen LogP contribution in [0.2, 0.25) is 5.02 Å². The summed E-state index contributed by atoms with van der Waals surface area (Å²) in [4.78, 5) is 5.89. The summed E-state index contributed by atoms with van der Waals surface area (Å²) in [6, 6.07) is 24.0. The maximum Gasteiger partial charge on any atom is 0.238 e. The highest BCUT2D eigenvalue weighted by atomic mass is 35.5. The number of sulfonamides is 1.